The lowest BCUT2D eigenvalue weighted by Crippen LogP contribution is -2.17. The summed E-state index contributed by atoms with van der Waals surface area (Å²) in [5.74, 6) is 0.280. The van der Waals surface area contributed by atoms with Crippen molar-refractivity contribution in [3.05, 3.63) is 39.2 Å². The van der Waals surface area contributed by atoms with Crippen molar-refractivity contribution < 1.29 is 4.79 Å². The molecule has 1 fully saturated rings. The molecule has 0 bridgehead atoms. The van der Waals surface area contributed by atoms with E-state index in [4.69, 9.17) is 5.73 Å². The van der Waals surface area contributed by atoms with Crippen LogP contribution >= 0.6 is 27.3 Å². The Morgan fingerprint density at radius 3 is 2.55 bits per heavy atom. The number of anilines is 2. The molecule has 4 nitrogen and oxygen atoms in total. The molecule has 2 heterocycles. The second-order valence-electron chi connectivity index (χ2n) is 4.74. The summed E-state index contributed by atoms with van der Waals surface area (Å²) in [5.41, 5.74) is 6.56. The smallest absolute Gasteiger partial charge is 0.206 e. The number of hydrogen-bond acceptors (Lipinski definition) is 5. The molecule has 2 N–H and O–H groups in total. The monoisotopic (exact) mass is 351 g/mol. The van der Waals surface area contributed by atoms with Crippen molar-refractivity contribution in [1.82, 2.24) is 4.98 Å². The third-order valence-corrected chi connectivity index (χ3v) is 4.99. The number of halogens is 1. The molecule has 0 saturated carbocycles. The lowest BCUT2D eigenvalue weighted by atomic mass is 10.1. The lowest BCUT2D eigenvalue weighted by Gasteiger charge is -2.11. The van der Waals surface area contributed by atoms with Gasteiger partial charge in [-0.15, -0.1) is 0 Å². The molecule has 1 saturated heterocycles. The van der Waals surface area contributed by atoms with Crippen LogP contribution in [0.1, 0.15) is 28.1 Å². The number of carbonyl (C=O) groups excluding carboxylic acids is 1. The standard InChI is InChI=1S/C14H14BrN3OS/c15-10-5-3-9(4-6-10)11(19)12-13(16)17-14(20-12)18-7-1-2-8-18/h3-6H,1-2,7-8,16H2. The maximum absolute atomic E-state index is 12.5. The fraction of sp³-hybridized carbons (Fsp3) is 0.286. The molecule has 0 unspecified atom stereocenters. The summed E-state index contributed by atoms with van der Waals surface area (Å²) in [5, 5.41) is 0.862. The highest BCUT2D eigenvalue weighted by atomic mass is 79.9. The van der Waals surface area contributed by atoms with Crippen LogP contribution in [-0.4, -0.2) is 23.9 Å². The highest BCUT2D eigenvalue weighted by Gasteiger charge is 2.22. The summed E-state index contributed by atoms with van der Waals surface area (Å²) in [6.45, 7) is 2.00. The van der Waals surface area contributed by atoms with Gasteiger partial charge in [0, 0.05) is 23.1 Å². The van der Waals surface area contributed by atoms with E-state index in [1.165, 1.54) is 24.2 Å². The van der Waals surface area contributed by atoms with Crippen molar-refractivity contribution in [2.24, 2.45) is 0 Å². The van der Waals surface area contributed by atoms with Crippen LogP contribution in [0.4, 0.5) is 10.9 Å². The molecular weight excluding hydrogens is 338 g/mol. The number of nitrogen functional groups attached to an aromatic ring is 1. The zero-order chi connectivity index (χ0) is 14.1. The highest BCUT2D eigenvalue weighted by Crippen LogP contribution is 2.32. The number of nitrogens with zero attached hydrogens (tertiary/aromatic N) is 2. The summed E-state index contributed by atoms with van der Waals surface area (Å²) in [6.07, 6.45) is 2.35. The largest absolute Gasteiger partial charge is 0.382 e. The maximum atomic E-state index is 12.5. The molecule has 104 valence electrons. The predicted octanol–water partition coefficient (Wildman–Crippen LogP) is 3.32. The van der Waals surface area contributed by atoms with E-state index in [0.29, 0.717) is 16.3 Å². The zero-order valence-electron chi connectivity index (χ0n) is 10.8. The van der Waals surface area contributed by atoms with Gasteiger partial charge in [-0.25, -0.2) is 4.98 Å². The van der Waals surface area contributed by atoms with Gasteiger partial charge >= 0.3 is 0 Å². The van der Waals surface area contributed by atoms with Crippen LogP contribution in [0.15, 0.2) is 28.7 Å². The van der Waals surface area contributed by atoms with Crippen molar-refractivity contribution in [2.75, 3.05) is 23.7 Å². The Labute approximate surface area is 129 Å². The van der Waals surface area contributed by atoms with Gasteiger partial charge in [-0.2, -0.15) is 0 Å². The van der Waals surface area contributed by atoms with Gasteiger partial charge in [-0.1, -0.05) is 27.3 Å². The molecule has 3 rings (SSSR count). The number of carbonyl (C=O) groups is 1. The number of aromatic nitrogens is 1. The number of thiazole rings is 1. The van der Waals surface area contributed by atoms with Crippen molar-refractivity contribution in [1.29, 1.82) is 0 Å². The number of benzene rings is 1. The second kappa shape index (κ2) is 5.54. The number of rotatable bonds is 3. The van der Waals surface area contributed by atoms with Crippen LogP contribution in [-0.2, 0) is 0 Å². The molecule has 1 aliphatic heterocycles. The Morgan fingerprint density at radius 1 is 1.25 bits per heavy atom. The van der Waals surface area contributed by atoms with E-state index < -0.39 is 0 Å². The Bertz CT molecular complexity index is 632. The molecular formula is C14H14BrN3OS. The first-order valence-electron chi connectivity index (χ1n) is 6.46. The first-order chi connectivity index (χ1) is 9.65. The summed E-state index contributed by atoms with van der Waals surface area (Å²) in [6, 6.07) is 7.29. The normalized spacial score (nSPS) is 14.8. The molecule has 0 atom stereocenters. The zero-order valence-corrected chi connectivity index (χ0v) is 13.2. The van der Waals surface area contributed by atoms with Gasteiger partial charge in [-0.3, -0.25) is 4.79 Å². The second-order valence-corrected chi connectivity index (χ2v) is 6.63. The molecule has 0 amide bonds. The molecule has 0 aliphatic carbocycles. The first-order valence-corrected chi connectivity index (χ1v) is 8.07. The van der Waals surface area contributed by atoms with Crippen LogP contribution in [0.3, 0.4) is 0 Å². The quantitative estimate of drug-likeness (QED) is 0.861. The summed E-state index contributed by atoms with van der Waals surface area (Å²) < 4.78 is 0.948. The van der Waals surface area contributed by atoms with E-state index >= 15 is 0 Å². The summed E-state index contributed by atoms with van der Waals surface area (Å²) in [4.78, 5) is 19.5. The van der Waals surface area contributed by atoms with Gasteiger partial charge in [-0.05, 0) is 37.1 Å². The molecule has 20 heavy (non-hydrogen) atoms. The fourth-order valence-electron chi connectivity index (χ4n) is 2.26. The minimum atomic E-state index is -0.0575. The van der Waals surface area contributed by atoms with Crippen molar-refractivity contribution in [2.45, 2.75) is 12.8 Å². The molecule has 1 aromatic heterocycles. The van der Waals surface area contributed by atoms with Gasteiger partial charge in [0.25, 0.3) is 0 Å². The molecule has 0 radical (unpaired) electrons. The fourth-order valence-corrected chi connectivity index (χ4v) is 3.52. The van der Waals surface area contributed by atoms with Crippen molar-refractivity contribution >= 4 is 44.0 Å². The number of hydrogen-bond donors (Lipinski definition) is 1. The Balaban J connectivity index is 1.89. The van der Waals surface area contributed by atoms with Crippen LogP contribution in [0.2, 0.25) is 0 Å². The Hall–Kier alpha value is -1.40. The minimum Gasteiger partial charge on any atom is -0.382 e. The van der Waals surface area contributed by atoms with Gasteiger partial charge in [0.1, 0.15) is 10.7 Å². The predicted molar refractivity (Wildman–Crippen MR) is 85.5 cm³/mol. The van der Waals surface area contributed by atoms with Crippen molar-refractivity contribution in [3.63, 3.8) is 0 Å². The highest BCUT2D eigenvalue weighted by molar-refractivity contribution is 9.10. The third-order valence-electron chi connectivity index (χ3n) is 3.33. The van der Waals surface area contributed by atoms with Gasteiger partial charge in [0.2, 0.25) is 5.78 Å². The third kappa shape index (κ3) is 2.58. The van der Waals surface area contributed by atoms with E-state index in [2.05, 4.69) is 25.8 Å². The van der Waals surface area contributed by atoms with E-state index in [9.17, 15) is 4.79 Å². The molecule has 0 spiro atoms. The number of nitrogens with two attached hydrogens (primary N) is 1. The molecule has 1 aliphatic rings. The summed E-state index contributed by atoms with van der Waals surface area (Å²) in [7, 11) is 0. The minimum absolute atomic E-state index is 0.0575. The van der Waals surface area contributed by atoms with Crippen LogP contribution in [0.5, 0.6) is 0 Å². The van der Waals surface area contributed by atoms with Crippen LogP contribution in [0.25, 0.3) is 0 Å². The van der Waals surface area contributed by atoms with Crippen LogP contribution < -0.4 is 10.6 Å². The van der Waals surface area contributed by atoms with Gasteiger partial charge in [0.05, 0.1) is 0 Å². The molecule has 2 aromatic rings. The summed E-state index contributed by atoms with van der Waals surface area (Å²) >= 11 is 4.75. The Kier molecular flexibility index (Phi) is 3.76. The number of ketones is 1. The van der Waals surface area contributed by atoms with Crippen LogP contribution in [0, 0.1) is 0 Å². The topological polar surface area (TPSA) is 59.2 Å². The van der Waals surface area contributed by atoms with E-state index in [-0.39, 0.29) is 5.78 Å². The lowest BCUT2D eigenvalue weighted by molar-refractivity contribution is 0.104. The Morgan fingerprint density at radius 2 is 1.90 bits per heavy atom. The molecule has 6 heteroatoms. The van der Waals surface area contributed by atoms with E-state index in [1.807, 2.05) is 12.1 Å². The van der Waals surface area contributed by atoms with E-state index in [1.54, 1.807) is 12.1 Å². The van der Waals surface area contributed by atoms with Gasteiger partial charge in [0.15, 0.2) is 5.13 Å². The molecule has 1 aromatic carbocycles. The van der Waals surface area contributed by atoms with Gasteiger partial charge < -0.3 is 10.6 Å². The van der Waals surface area contributed by atoms with E-state index in [0.717, 1.165) is 22.7 Å². The average molecular weight is 352 g/mol. The first kappa shape index (κ1) is 13.6. The maximum Gasteiger partial charge on any atom is 0.206 e. The SMILES string of the molecule is Nc1nc(N2CCCC2)sc1C(=O)c1ccc(Br)cc1. The average Bonchev–Trinajstić information content (AvgIpc) is 3.08. The van der Waals surface area contributed by atoms with Crippen molar-refractivity contribution in [3.8, 4) is 0 Å².